The number of piperidine rings is 1. The van der Waals surface area contributed by atoms with Gasteiger partial charge in [0.05, 0.1) is 53.4 Å². The van der Waals surface area contributed by atoms with Crippen LogP contribution in [0.15, 0.2) is 43.0 Å². The molecule has 3 aliphatic rings. The summed E-state index contributed by atoms with van der Waals surface area (Å²) in [5.74, 6) is 0.146. The molecular weight excluding hydrogens is 526 g/mol. The van der Waals surface area contributed by atoms with Crippen LogP contribution in [-0.4, -0.2) is 66.0 Å². The van der Waals surface area contributed by atoms with E-state index in [-0.39, 0.29) is 11.4 Å². The van der Waals surface area contributed by atoms with Crippen LogP contribution in [0, 0.1) is 11.3 Å². The molecule has 0 atom stereocenters. The number of nitriles is 1. The maximum absolute atomic E-state index is 14.2. The van der Waals surface area contributed by atoms with Crippen molar-refractivity contribution in [3.05, 3.63) is 48.5 Å². The number of hydrogen-bond donors (Lipinski definition) is 1. The molecule has 1 amide bonds. The number of pyridine rings is 1. The molecule has 4 aromatic heterocycles. The Morgan fingerprint density at radius 2 is 1.83 bits per heavy atom. The van der Waals surface area contributed by atoms with Crippen LogP contribution >= 0.6 is 0 Å². The van der Waals surface area contributed by atoms with Crippen molar-refractivity contribution in [3.63, 3.8) is 0 Å². The van der Waals surface area contributed by atoms with Crippen LogP contribution in [0.3, 0.4) is 0 Å². The number of rotatable bonds is 4. The number of aryl methyl sites for hydroxylation is 2. The predicted molar refractivity (Wildman–Crippen MR) is 161 cm³/mol. The smallest absolute Gasteiger partial charge is 0.237 e. The van der Waals surface area contributed by atoms with E-state index < -0.39 is 5.41 Å². The highest BCUT2D eigenvalue weighted by atomic mass is 16.2. The minimum absolute atomic E-state index is 0.0217. The first-order valence-corrected chi connectivity index (χ1v) is 14.7. The molecule has 42 heavy (non-hydrogen) atoms. The van der Waals surface area contributed by atoms with Crippen molar-refractivity contribution < 1.29 is 4.79 Å². The molecule has 1 N–H and O–H groups in total. The van der Waals surface area contributed by atoms with E-state index in [1.165, 1.54) is 6.42 Å². The standard InChI is InChI=1S/C32H33N9O/c1-38-19-22(17-35-38)28-25(20-5-6-23-21(15-20)16-36-40(23)3)26-27-24(18-34-29(26)37-28)39(2)30(42)32(27)10-13-41(14-11-32)31(9-12-33)7-4-8-31/h5-6,15-19H,4,7-11,13-14H2,1-3H3,(H,34,37). The molecule has 0 radical (unpaired) electrons. The van der Waals surface area contributed by atoms with Crippen LogP contribution in [0.5, 0.6) is 0 Å². The van der Waals surface area contributed by atoms with Gasteiger partial charge in [0, 0.05) is 73.4 Å². The number of carbonyl (C=O) groups is 1. The van der Waals surface area contributed by atoms with Crippen LogP contribution in [0.1, 0.15) is 44.1 Å². The molecule has 5 aromatic rings. The second-order valence-corrected chi connectivity index (χ2v) is 12.4. The topological polar surface area (TPSA) is 112 Å². The monoisotopic (exact) mass is 559 g/mol. The summed E-state index contributed by atoms with van der Waals surface area (Å²) >= 11 is 0. The molecule has 0 bridgehead atoms. The number of anilines is 1. The summed E-state index contributed by atoms with van der Waals surface area (Å²) in [4.78, 5) is 27.1. The molecule has 1 saturated heterocycles. The molecular formula is C32H33N9O. The number of aromatic amines is 1. The number of benzene rings is 1. The lowest BCUT2D eigenvalue weighted by molar-refractivity contribution is -0.126. The number of H-pyrrole nitrogens is 1. The fraction of sp³-hybridized carbons (Fsp3) is 0.406. The van der Waals surface area contributed by atoms with E-state index in [1.807, 2.05) is 55.5 Å². The van der Waals surface area contributed by atoms with Gasteiger partial charge in [0.1, 0.15) is 5.65 Å². The first-order valence-electron chi connectivity index (χ1n) is 14.7. The summed E-state index contributed by atoms with van der Waals surface area (Å²) < 4.78 is 3.69. The third kappa shape index (κ3) is 3.28. The fourth-order valence-corrected chi connectivity index (χ4v) is 7.96. The number of hydrogen-bond acceptors (Lipinski definition) is 6. The summed E-state index contributed by atoms with van der Waals surface area (Å²) in [5, 5.41) is 20.6. The van der Waals surface area contributed by atoms with E-state index in [1.54, 1.807) is 4.68 Å². The molecule has 0 unspecified atom stereocenters. The fourth-order valence-electron chi connectivity index (χ4n) is 7.96. The lowest BCUT2D eigenvalue weighted by Gasteiger charge is -2.53. The van der Waals surface area contributed by atoms with Gasteiger partial charge in [-0.1, -0.05) is 6.07 Å². The Morgan fingerprint density at radius 3 is 2.52 bits per heavy atom. The molecule has 8 rings (SSSR count). The number of fused-ring (bicyclic) bond motifs is 5. The lowest BCUT2D eigenvalue weighted by Crippen LogP contribution is -2.59. The van der Waals surface area contributed by atoms with Crippen LogP contribution in [0.25, 0.3) is 44.3 Å². The molecule has 1 saturated carbocycles. The zero-order valence-electron chi connectivity index (χ0n) is 24.2. The maximum Gasteiger partial charge on any atom is 0.237 e. The number of amides is 1. The van der Waals surface area contributed by atoms with Gasteiger partial charge in [-0.25, -0.2) is 4.98 Å². The first kappa shape index (κ1) is 25.2. The maximum atomic E-state index is 14.2. The Morgan fingerprint density at radius 1 is 1.02 bits per heavy atom. The van der Waals surface area contributed by atoms with Crippen LogP contribution in [0.2, 0.25) is 0 Å². The summed E-state index contributed by atoms with van der Waals surface area (Å²) in [5.41, 5.74) is 7.14. The minimum atomic E-state index is -0.638. The molecule has 6 heterocycles. The average molecular weight is 560 g/mol. The second kappa shape index (κ2) is 8.76. The number of likely N-dealkylation sites (N-methyl/N-ethyl adjacent to an activating group) is 1. The Bertz CT molecular complexity index is 1940. The van der Waals surface area contributed by atoms with Gasteiger partial charge in [-0.3, -0.25) is 19.1 Å². The number of likely N-dealkylation sites (tertiary alicyclic amines) is 1. The van der Waals surface area contributed by atoms with Crippen molar-refractivity contribution >= 4 is 33.5 Å². The molecule has 2 fully saturated rings. The van der Waals surface area contributed by atoms with Crippen molar-refractivity contribution in [3.8, 4) is 28.5 Å². The van der Waals surface area contributed by atoms with E-state index in [0.29, 0.717) is 6.42 Å². The van der Waals surface area contributed by atoms with Gasteiger partial charge in [-0.05, 0) is 49.8 Å². The van der Waals surface area contributed by atoms with E-state index >= 15 is 0 Å². The third-order valence-electron chi connectivity index (χ3n) is 10.4. The molecule has 1 aliphatic carbocycles. The average Bonchev–Trinajstić information content (AvgIpc) is 3.73. The van der Waals surface area contributed by atoms with Gasteiger partial charge in [0.25, 0.3) is 0 Å². The Labute approximate surface area is 243 Å². The van der Waals surface area contributed by atoms with Gasteiger partial charge < -0.3 is 9.88 Å². The van der Waals surface area contributed by atoms with Crippen LogP contribution in [0.4, 0.5) is 5.69 Å². The SMILES string of the molecule is CN1C(=O)C2(CCN(C3(CC#N)CCC3)CC2)c2c1cnc1[nH]c(-c3cnn(C)c3)c(-c3ccc4c(cnn4C)c3)c21. The van der Waals surface area contributed by atoms with Crippen molar-refractivity contribution in [2.24, 2.45) is 14.1 Å². The third-order valence-corrected chi connectivity index (χ3v) is 10.4. The van der Waals surface area contributed by atoms with E-state index in [2.05, 4.69) is 44.3 Å². The summed E-state index contributed by atoms with van der Waals surface area (Å²) in [7, 11) is 5.75. The van der Waals surface area contributed by atoms with E-state index in [9.17, 15) is 10.1 Å². The number of nitrogens with zero attached hydrogens (tertiary/aromatic N) is 8. The number of carbonyl (C=O) groups excluding carboxylic acids is 1. The van der Waals surface area contributed by atoms with Crippen molar-refractivity contribution in [1.29, 1.82) is 5.26 Å². The summed E-state index contributed by atoms with van der Waals surface area (Å²) in [6.07, 6.45) is 13.0. The van der Waals surface area contributed by atoms with Crippen LogP contribution in [-0.2, 0) is 24.3 Å². The summed E-state index contributed by atoms with van der Waals surface area (Å²) in [6, 6.07) is 8.88. The molecule has 1 spiro atoms. The van der Waals surface area contributed by atoms with Crippen molar-refractivity contribution in [2.45, 2.75) is 49.5 Å². The highest BCUT2D eigenvalue weighted by molar-refractivity contribution is 6.16. The Balaban J connectivity index is 1.34. The van der Waals surface area contributed by atoms with Gasteiger partial charge in [0.15, 0.2) is 0 Å². The quantitative estimate of drug-likeness (QED) is 0.343. The number of aromatic nitrogens is 6. The van der Waals surface area contributed by atoms with Crippen LogP contribution < -0.4 is 4.90 Å². The van der Waals surface area contributed by atoms with Gasteiger partial charge in [0.2, 0.25) is 5.91 Å². The zero-order valence-corrected chi connectivity index (χ0v) is 24.2. The highest BCUT2D eigenvalue weighted by Gasteiger charge is 2.55. The van der Waals surface area contributed by atoms with Crippen molar-refractivity contribution in [2.75, 3.05) is 25.0 Å². The molecule has 212 valence electrons. The second-order valence-electron chi connectivity index (χ2n) is 12.4. The molecule has 10 nitrogen and oxygen atoms in total. The normalized spacial score (nSPS) is 19.5. The number of nitrogens with one attached hydrogen (secondary N) is 1. The largest absolute Gasteiger partial charge is 0.339 e. The van der Waals surface area contributed by atoms with E-state index in [4.69, 9.17) is 4.98 Å². The Hall–Kier alpha value is -4.49. The molecule has 10 heteroatoms. The van der Waals surface area contributed by atoms with Gasteiger partial charge in [-0.15, -0.1) is 0 Å². The van der Waals surface area contributed by atoms with E-state index in [0.717, 1.165) is 94.3 Å². The molecule has 2 aliphatic heterocycles. The molecule has 1 aromatic carbocycles. The van der Waals surface area contributed by atoms with Gasteiger partial charge >= 0.3 is 0 Å². The first-order chi connectivity index (χ1) is 20.3. The predicted octanol–water partition coefficient (Wildman–Crippen LogP) is 4.66. The Kier molecular flexibility index (Phi) is 5.26. The minimum Gasteiger partial charge on any atom is -0.339 e. The zero-order chi connectivity index (χ0) is 28.8. The lowest BCUT2D eigenvalue weighted by atomic mass is 9.68. The van der Waals surface area contributed by atoms with Crippen molar-refractivity contribution in [1.82, 2.24) is 34.4 Å². The summed E-state index contributed by atoms with van der Waals surface area (Å²) in [6.45, 7) is 1.61. The highest BCUT2D eigenvalue weighted by Crippen LogP contribution is 2.54. The van der Waals surface area contributed by atoms with Gasteiger partial charge in [-0.2, -0.15) is 15.5 Å².